The molecule has 0 heterocycles. The maximum Gasteiger partial charge on any atom is 0.265 e. The Kier molecular flexibility index (Phi) is 5.62. The third-order valence-electron chi connectivity index (χ3n) is 4.41. The summed E-state index contributed by atoms with van der Waals surface area (Å²) >= 11 is 0. The van der Waals surface area contributed by atoms with E-state index in [9.17, 15) is 4.79 Å². The highest BCUT2D eigenvalue weighted by Gasteiger charge is 2.33. The fourth-order valence-electron chi connectivity index (χ4n) is 3.08. The predicted molar refractivity (Wildman–Crippen MR) is 106 cm³/mol. The smallest absolute Gasteiger partial charge is 0.265 e. The highest BCUT2D eigenvalue weighted by Crippen LogP contribution is 2.33. The average molecular weight is 342 g/mol. The molecule has 0 unspecified atom stereocenters. The van der Waals surface area contributed by atoms with E-state index in [2.05, 4.69) is 41.7 Å². The van der Waals surface area contributed by atoms with Crippen molar-refractivity contribution in [3.05, 3.63) is 120 Å². The molecule has 0 aromatic heterocycles. The summed E-state index contributed by atoms with van der Waals surface area (Å²) in [7, 11) is 0. The molecule has 3 rings (SSSR count). The first-order valence-corrected chi connectivity index (χ1v) is 8.61. The molecule has 3 nitrogen and oxygen atoms in total. The summed E-state index contributed by atoms with van der Waals surface area (Å²) in [4.78, 5) is 12.6. The molecule has 2 N–H and O–H groups in total. The second kappa shape index (κ2) is 8.28. The molecule has 26 heavy (non-hydrogen) atoms. The van der Waals surface area contributed by atoms with Gasteiger partial charge in [0.25, 0.3) is 5.91 Å². The fourth-order valence-corrected chi connectivity index (χ4v) is 3.08. The Balaban J connectivity index is 1.97. The van der Waals surface area contributed by atoms with Gasteiger partial charge in [-0.05, 0) is 29.7 Å². The topological polar surface area (TPSA) is 41.1 Å². The van der Waals surface area contributed by atoms with Gasteiger partial charge >= 0.3 is 0 Å². The van der Waals surface area contributed by atoms with Gasteiger partial charge in [0.15, 0.2) is 0 Å². The van der Waals surface area contributed by atoms with Gasteiger partial charge in [-0.15, -0.1) is 6.58 Å². The zero-order chi connectivity index (χ0) is 18.2. The van der Waals surface area contributed by atoms with Gasteiger partial charge in [0.05, 0.1) is 5.54 Å². The third kappa shape index (κ3) is 3.73. The van der Waals surface area contributed by atoms with Crippen LogP contribution < -0.4 is 10.9 Å². The number of carbonyl (C=O) groups is 1. The maximum atomic E-state index is 12.6. The van der Waals surface area contributed by atoms with Crippen LogP contribution in [0, 0.1) is 0 Å². The Morgan fingerprint density at radius 1 is 0.808 bits per heavy atom. The van der Waals surface area contributed by atoms with Crippen molar-refractivity contribution in [1.29, 1.82) is 0 Å². The number of benzene rings is 3. The summed E-state index contributed by atoms with van der Waals surface area (Å²) in [6, 6.07) is 29.3. The van der Waals surface area contributed by atoms with Crippen LogP contribution in [0.2, 0.25) is 0 Å². The van der Waals surface area contributed by atoms with E-state index in [1.807, 2.05) is 60.7 Å². The molecule has 130 valence electrons. The first-order valence-electron chi connectivity index (χ1n) is 8.61. The first-order chi connectivity index (χ1) is 12.8. The van der Waals surface area contributed by atoms with Crippen molar-refractivity contribution in [2.24, 2.45) is 0 Å². The van der Waals surface area contributed by atoms with Crippen LogP contribution in [0.4, 0.5) is 0 Å². The van der Waals surface area contributed by atoms with E-state index in [-0.39, 0.29) is 5.91 Å². The SMILES string of the molecule is C=CCC(NNC(=O)c1ccccc1)(c1ccccc1)c1ccccc1. The standard InChI is InChI=1S/C23H22N2O/c1-2-18-23(20-14-8-4-9-15-20,21-16-10-5-11-17-21)25-24-22(26)19-12-6-3-7-13-19/h2-17,25H,1,18H2,(H,24,26). The Labute approximate surface area is 154 Å². The molecular weight excluding hydrogens is 320 g/mol. The van der Waals surface area contributed by atoms with Gasteiger partial charge in [0.2, 0.25) is 0 Å². The highest BCUT2D eigenvalue weighted by molar-refractivity contribution is 5.93. The van der Waals surface area contributed by atoms with Crippen molar-refractivity contribution in [1.82, 2.24) is 10.9 Å². The molecule has 0 bridgehead atoms. The van der Waals surface area contributed by atoms with Crippen molar-refractivity contribution in [3.8, 4) is 0 Å². The lowest BCUT2D eigenvalue weighted by Crippen LogP contribution is -2.52. The van der Waals surface area contributed by atoms with Crippen molar-refractivity contribution in [3.63, 3.8) is 0 Å². The van der Waals surface area contributed by atoms with Crippen LogP contribution >= 0.6 is 0 Å². The molecule has 0 spiro atoms. The molecule has 0 atom stereocenters. The number of hydrogen-bond acceptors (Lipinski definition) is 2. The van der Waals surface area contributed by atoms with Gasteiger partial charge < -0.3 is 0 Å². The zero-order valence-corrected chi connectivity index (χ0v) is 14.6. The molecule has 0 aliphatic rings. The van der Waals surface area contributed by atoms with Crippen molar-refractivity contribution >= 4 is 5.91 Å². The summed E-state index contributed by atoms with van der Waals surface area (Å²) in [6.07, 6.45) is 2.48. The molecule has 3 aromatic carbocycles. The van der Waals surface area contributed by atoms with Crippen LogP contribution in [0.1, 0.15) is 27.9 Å². The Morgan fingerprint density at radius 3 is 1.73 bits per heavy atom. The Bertz CT molecular complexity index is 806. The van der Waals surface area contributed by atoms with E-state index in [4.69, 9.17) is 0 Å². The number of hydrazine groups is 1. The Hall–Kier alpha value is -3.17. The quantitative estimate of drug-likeness (QED) is 0.492. The van der Waals surface area contributed by atoms with Crippen LogP contribution in [0.3, 0.4) is 0 Å². The third-order valence-corrected chi connectivity index (χ3v) is 4.41. The second-order valence-corrected chi connectivity index (χ2v) is 6.08. The van der Waals surface area contributed by atoms with Crippen LogP contribution in [0.25, 0.3) is 0 Å². The molecule has 0 saturated carbocycles. The summed E-state index contributed by atoms with van der Waals surface area (Å²) in [5, 5.41) is 0. The summed E-state index contributed by atoms with van der Waals surface area (Å²) in [6.45, 7) is 3.93. The van der Waals surface area contributed by atoms with Gasteiger partial charge in [0.1, 0.15) is 0 Å². The summed E-state index contributed by atoms with van der Waals surface area (Å²) < 4.78 is 0. The predicted octanol–water partition coefficient (Wildman–Crippen LogP) is 4.44. The van der Waals surface area contributed by atoms with Crippen molar-refractivity contribution in [2.45, 2.75) is 12.0 Å². The van der Waals surface area contributed by atoms with Gasteiger partial charge in [-0.1, -0.05) is 84.9 Å². The minimum atomic E-state index is -0.602. The van der Waals surface area contributed by atoms with Crippen molar-refractivity contribution < 1.29 is 4.79 Å². The first kappa shape index (κ1) is 17.6. The van der Waals surface area contributed by atoms with E-state index in [1.165, 1.54) is 0 Å². The van der Waals surface area contributed by atoms with Crippen LogP contribution in [-0.4, -0.2) is 5.91 Å². The van der Waals surface area contributed by atoms with E-state index in [1.54, 1.807) is 12.1 Å². The number of hydrogen-bond donors (Lipinski definition) is 2. The number of nitrogens with one attached hydrogen (secondary N) is 2. The van der Waals surface area contributed by atoms with Crippen LogP contribution in [0.15, 0.2) is 104 Å². The summed E-state index contributed by atoms with van der Waals surface area (Å²) in [5.41, 5.74) is 8.29. The van der Waals surface area contributed by atoms with Gasteiger partial charge in [-0.25, -0.2) is 5.43 Å². The van der Waals surface area contributed by atoms with Crippen LogP contribution in [0.5, 0.6) is 0 Å². The lowest BCUT2D eigenvalue weighted by Gasteiger charge is -2.35. The van der Waals surface area contributed by atoms with E-state index >= 15 is 0 Å². The molecule has 0 radical (unpaired) electrons. The minimum absolute atomic E-state index is 0.175. The number of amides is 1. The molecule has 0 fully saturated rings. The molecule has 1 amide bonds. The van der Waals surface area contributed by atoms with Crippen molar-refractivity contribution in [2.75, 3.05) is 0 Å². The normalized spacial score (nSPS) is 10.9. The van der Waals surface area contributed by atoms with Gasteiger partial charge in [-0.3, -0.25) is 10.2 Å². The lowest BCUT2D eigenvalue weighted by atomic mass is 9.80. The lowest BCUT2D eigenvalue weighted by molar-refractivity contribution is 0.0912. The highest BCUT2D eigenvalue weighted by atomic mass is 16.2. The maximum absolute atomic E-state index is 12.6. The monoisotopic (exact) mass is 342 g/mol. The molecular formula is C23H22N2O. The largest absolute Gasteiger partial charge is 0.286 e. The van der Waals surface area contributed by atoms with E-state index in [0.717, 1.165) is 11.1 Å². The van der Waals surface area contributed by atoms with E-state index < -0.39 is 5.54 Å². The summed E-state index contributed by atoms with van der Waals surface area (Å²) in [5.74, 6) is -0.175. The van der Waals surface area contributed by atoms with Crippen LogP contribution in [-0.2, 0) is 5.54 Å². The fraction of sp³-hybridized carbons (Fsp3) is 0.0870. The second-order valence-electron chi connectivity index (χ2n) is 6.08. The molecule has 0 aliphatic carbocycles. The Morgan fingerprint density at radius 2 is 1.27 bits per heavy atom. The molecule has 0 saturated heterocycles. The minimum Gasteiger partial charge on any atom is -0.286 e. The molecule has 3 aromatic rings. The number of carbonyl (C=O) groups excluding carboxylic acids is 1. The van der Waals surface area contributed by atoms with E-state index in [0.29, 0.717) is 12.0 Å². The molecule has 3 heteroatoms. The van der Waals surface area contributed by atoms with Gasteiger partial charge in [-0.2, -0.15) is 0 Å². The zero-order valence-electron chi connectivity index (χ0n) is 14.6. The molecule has 0 aliphatic heterocycles. The van der Waals surface area contributed by atoms with Gasteiger partial charge in [0, 0.05) is 5.56 Å². The average Bonchev–Trinajstić information content (AvgIpc) is 2.73. The number of rotatable bonds is 7.